The van der Waals surface area contributed by atoms with E-state index in [0.29, 0.717) is 13.2 Å². The molecule has 0 amide bonds. The van der Waals surface area contributed by atoms with Gasteiger partial charge >= 0.3 is 5.97 Å². The first-order chi connectivity index (χ1) is 6.68. The van der Waals surface area contributed by atoms with E-state index in [-0.39, 0.29) is 5.69 Å². The zero-order valence-corrected chi connectivity index (χ0v) is 7.64. The summed E-state index contributed by atoms with van der Waals surface area (Å²) in [4.78, 5) is 10.6. The predicted octanol–water partition coefficient (Wildman–Crippen LogP) is -0.0893. The van der Waals surface area contributed by atoms with E-state index >= 15 is 0 Å². The highest BCUT2D eigenvalue weighted by molar-refractivity contribution is 5.85. The van der Waals surface area contributed by atoms with Crippen molar-refractivity contribution < 1.29 is 19.4 Å². The van der Waals surface area contributed by atoms with E-state index < -0.39 is 11.7 Å². The van der Waals surface area contributed by atoms with Gasteiger partial charge in [0.05, 0.1) is 13.2 Å². The normalized spacial score (nSPS) is 18.9. The summed E-state index contributed by atoms with van der Waals surface area (Å²) in [5.74, 6) is -1.05. The molecule has 1 aromatic rings. The summed E-state index contributed by atoms with van der Waals surface area (Å²) in [6, 6.07) is 1.43. The minimum Gasteiger partial charge on any atom is -0.476 e. The van der Waals surface area contributed by atoms with Gasteiger partial charge in [-0.2, -0.15) is 5.10 Å². The molecule has 6 nitrogen and oxygen atoms in total. The molecule has 14 heavy (non-hydrogen) atoms. The number of carboxylic acids is 1. The van der Waals surface area contributed by atoms with Gasteiger partial charge in [0.15, 0.2) is 5.69 Å². The van der Waals surface area contributed by atoms with Crippen LogP contribution in [0.5, 0.6) is 0 Å². The third kappa shape index (κ3) is 1.19. The molecule has 0 saturated carbocycles. The van der Waals surface area contributed by atoms with Gasteiger partial charge in [-0.05, 0) is 6.07 Å². The first-order valence-corrected chi connectivity index (χ1v) is 4.10. The smallest absolute Gasteiger partial charge is 0.356 e. The van der Waals surface area contributed by atoms with Crippen LogP contribution in [0.15, 0.2) is 12.3 Å². The minimum absolute atomic E-state index is 0.00771. The van der Waals surface area contributed by atoms with Gasteiger partial charge < -0.3 is 14.6 Å². The second-order valence-electron chi connectivity index (χ2n) is 3.09. The maximum Gasteiger partial charge on any atom is 0.356 e. The molecule has 1 aromatic heterocycles. The van der Waals surface area contributed by atoms with Crippen LogP contribution >= 0.6 is 0 Å². The van der Waals surface area contributed by atoms with Crippen molar-refractivity contribution in [1.82, 2.24) is 9.78 Å². The lowest BCUT2D eigenvalue weighted by Crippen LogP contribution is -2.53. The maximum atomic E-state index is 10.6. The lowest BCUT2D eigenvalue weighted by atomic mass is 10.2. The Labute approximate surface area is 80.0 Å². The largest absolute Gasteiger partial charge is 0.476 e. The number of carbonyl (C=O) groups is 1. The molecular weight excluding hydrogens is 188 g/mol. The van der Waals surface area contributed by atoms with Gasteiger partial charge in [0.25, 0.3) is 0 Å². The van der Waals surface area contributed by atoms with E-state index in [2.05, 4.69) is 5.10 Å². The molecule has 0 atom stereocenters. The Morgan fingerprint density at radius 2 is 2.50 bits per heavy atom. The maximum absolute atomic E-state index is 10.6. The minimum atomic E-state index is -1.05. The molecule has 0 aromatic carbocycles. The van der Waals surface area contributed by atoms with Crippen LogP contribution in [0.25, 0.3) is 0 Å². The van der Waals surface area contributed by atoms with Gasteiger partial charge in [0, 0.05) is 13.3 Å². The highest BCUT2D eigenvalue weighted by Crippen LogP contribution is 2.26. The summed E-state index contributed by atoms with van der Waals surface area (Å²) < 4.78 is 11.7. The molecule has 0 unspecified atom stereocenters. The highest BCUT2D eigenvalue weighted by Gasteiger charge is 2.41. The van der Waals surface area contributed by atoms with Gasteiger partial charge in [-0.3, -0.25) is 0 Å². The van der Waals surface area contributed by atoms with Crippen molar-refractivity contribution in [3.63, 3.8) is 0 Å². The lowest BCUT2D eigenvalue weighted by Gasteiger charge is -2.39. The van der Waals surface area contributed by atoms with Crippen LogP contribution in [-0.2, 0) is 15.2 Å². The number of hydrogen-bond acceptors (Lipinski definition) is 4. The summed E-state index contributed by atoms with van der Waals surface area (Å²) in [6.07, 6.45) is 1.58. The zero-order valence-electron chi connectivity index (χ0n) is 7.64. The van der Waals surface area contributed by atoms with E-state index in [4.69, 9.17) is 14.6 Å². The molecule has 1 aliphatic heterocycles. The highest BCUT2D eigenvalue weighted by atomic mass is 16.6. The number of aromatic nitrogens is 2. The fraction of sp³-hybridized carbons (Fsp3) is 0.500. The summed E-state index contributed by atoms with van der Waals surface area (Å²) in [5, 5.41) is 12.6. The first-order valence-electron chi connectivity index (χ1n) is 4.10. The average Bonchev–Trinajstić information content (AvgIpc) is 2.52. The zero-order chi connectivity index (χ0) is 10.2. The van der Waals surface area contributed by atoms with Gasteiger partial charge in [-0.1, -0.05) is 0 Å². The number of ether oxygens (including phenoxy) is 2. The molecule has 0 bridgehead atoms. The molecule has 0 spiro atoms. The third-order valence-corrected chi connectivity index (χ3v) is 2.26. The van der Waals surface area contributed by atoms with Crippen molar-refractivity contribution in [3.05, 3.63) is 18.0 Å². The molecule has 1 fully saturated rings. The Morgan fingerprint density at radius 1 is 1.79 bits per heavy atom. The van der Waals surface area contributed by atoms with Crippen molar-refractivity contribution in [2.45, 2.75) is 5.72 Å². The molecule has 1 N–H and O–H groups in total. The molecule has 1 aliphatic rings. The molecule has 0 aliphatic carbocycles. The third-order valence-electron chi connectivity index (χ3n) is 2.26. The quantitative estimate of drug-likeness (QED) is 0.734. The van der Waals surface area contributed by atoms with Crippen LogP contribution in [0.4, 0.5) is 0 Å². The van der Waals surface area contributed by atoms with E-state index in [1.165, 1.54) is 10.7 Å². The average molecular weight is 198 g/mol. The number of rotatable bonds is 3. The van der Waals surface area contributed by atoms with Crippen molar-refractivity contribution in [1.29, 1.82) is 0 Å². The number of methoxy groups -OCH3 is 1. The Kier molecular flexibility index (Phi) is 2.01. The summed E-state index contributed by atoms with van der Waals surface area (Å²) in [5.41, 5.74) is -0.610. The van der Waals surface area contributed by atoms with Crippen molar-refractivity contribution in [2.75, 3.05) is 20.3 Å². The van der Waals surface area contributed by atoms with E-state index in [0.717, 1.165) is 0 Å². The second kappa shape index (κ2) is 3.07. The second-order valence-corrected chi connectivity index (χ2v) is 3.09. The number of hydrogen-bond donors (Lipinski definition) is 1. The van der Waals surface area contributed by atoms with Crippen molar-refractivity contribution in [3.8, 4) is 0 Å². The van der Waals surface area contributed by atoms with Crippen LogP contribution in [0, 0.1) is 0 Å². The van der Waals surface area contributed by atoms with Gasteiger partial charge in [0.2, 0.25) is 5.72 Å². The van der Waals surface area contributed by atoms with Gasteiger partial charge in [-0.15, -0.1) is 0 Å². The summed E-state index contributed by atoms with van der Waals surface area (Å²) in [6.45, 7) is 0.786. The standard InChI is InChI=1S/C8H10N2O4/c1-13-8(4-14-5-8)10-3-2-6(9-10)7(11)12/h2-3H,4-5H2,1H3,(H,11,12). The number of carboxylic acid groups (broad SMARTS) is 1. The fourth-order valence-electron chi connectivity index (χ4n) is 1.29. The molecule has 6 heteroatoms. The van der Waals surface area contributed by atoms with E-state index in [9.17, 15) is 4.79 Å². The Hall–Kier alpha value is -1.40. The SMILES string of the molecule is COC1(n2ccc(C(=O)O)n2)COC1. The van der Waals surface area contributed by atoms with Crippen molar-refractivity contribution in [2.24, 2.45) is 0 Å². The molecule has 1 saturated heterocycles. The lowest BCUT2D eigenvalue weighted by molar-refractivity contribution is -0.251. The van der Waals surface area contributed by atoms with Gasteiger partial charge in [-0.25, -0.2) is 9.48 Å². The Balaban J connectivity index is 2.27. The van der Waals surface area contributed by atoms with E-state index in [1.807, 2.05) is 0 Å². The fourth-order valence-corrected chi connectivity index (χ4v) is 1.29. The predicted molar refractivity (Wildman–Crippen MR) is 45.0 cm³/mol. The summed E-state index contributed by atoms with van der Waals surface area (Å²) >= 11 is 0. The van der Waals surface area contributed by atoms with Gasteiger partial charge in [0.1, 0.15) is 0 Å². The topological polar surface area (TPSA) is 73.6 Å². The molecule has 2 heterocycles. The molecule has 2 rings (SSSR count). The monoisotopic (exact) mass is 198 g/mol. The number of aromatic carboxylic acids is 1. The molecule has 0 radical (unpaired) electrons. The molecular formula is C8H10N2O4. The van der Waals surface area contributed by atoms with Crippen LogP contribution in [0.2, 0.25) is 0 Å². The van der Waals surface area contributed by atoms with Crippen LogP contribution in [-0.4, -0.2) is 41.2 Å². The molecule has 76 valence electrons. The van der Waals surface area contributed by atoms with Crippen molar-refractivity contribution >= 4 is 5.97 Å². The Morgan fingerprint density at radius 3 is 2.86 bits per heavy atom. The first kappa shape index (κ1) is 9.17. The van der Waals surface area contributed by atoms with Crippen LogP contribution in [0.1, 0.15) is 10.5 Å². The number of nitrogens with zero attached hydrogens (tertiary/aromatic N) is 2. The summed E-state index contributed by atoms with van der Waals surface area (Å²) in [7, 11) is 1.55. The van der Waals surface area contributed by atoms with E-state index in [1.54, 1.807) is 13.3 Å². The van der Waals surface area contributed by atoms with Crippen LogP contribution in [0.3, 0.4) is 0 Å². The van der Waals surface area contributed by atoms with Crippen LogP contribution < -0.4 is 0 Å². The Bertz CT molecular complexity index is 350.